The SMILES string of the molecule is CNCc1cn2nc(C)ccc2n1. The van der Waals surface area contributed by atoms with E-state index in [1.54, 1.807) is 0 Å². The van der Waals surface area contributed by atoms with E-state index in [9.17, 15) is 0 Å². The second kappa shape index (κ2) is 3.14. The van der Waals surface area contributed by atoms with Crippen LogP contribution in [0.5, 0.6) is 0 Å². The molecule has 4 heteroatoms. The quantitative estimate of drug-likeness (QED) is 0.734. The Labute approximate surface area is 76.6 Å². The molecule has 1 N–H and O–H groups in total. The molecule has 2 aromatic rings. The molecular weight excluding hydrogens is 164 g/mol. The summed E-state index contributed by atoms with van der Waals surface area (Å²) < 4.78 is 1.81. The minimum Gasteiger partial charge on any atom is -0.314 e. The van der Waals surface area contributed by atoms with Gasteiger partial charge in [0.05, 0.1) is 17.6 Å². The lowest BCUT2D eigenvalue weighted by molar-refractivity contribution is 0.795. The first-order chi connectivity index (χ1) is 6.29. The second-order valence-electron chi connectivity index (χ2n) is 3.04. The van der Waals surface area contributed by atoms with E-state index in [-0.39, 0.29) is 0 Å². The van der Waals surface area contributed by atoms with Crippen LogP contribution in [0.4, 0.5) is 0 Å². The Morgan fingerprint density at radius 1 is 1.46 bits per heavy atom. The van der Waals surface area contributed by atoms with Crippen LogP contribution in [-0.4, -0.2) is 21.6 Å². The van der Waals surface area contributed by atoms with Crippen LogP contribution in [0.2, 0.25) is 0 Å². The Morgan fingerprint density at radius 2 is 2.31 bits per heavy atom. The molecule has 2 heterocycles. The number of hydrogen-bond acceptors (Lipinski definition) is 3. The summed E-state index contributed by atoms with van der Waals surface area (Å²) in [6.07, 6.45) is 1.94. The average molecular weight is 176 g/mol. The topological polar surface area (TPSA) is 42.2 Å². The van der Waals surface area contributed by atoms with Gasteiger partial charge < -0.3 is 5.32 Å². The van der Waals surface area contributed by atoms with Gasteiger partial charge in [0.15, 0.2) is 5.65 Å². The highest BCUT2D eigenvalue weighted by molar-refractivity contribution is 5.38. The lowest BCUT2D eigenvalue weighted by Crippen LogP contribution is -2.04. The van der Waals surface area contributed by atoms with Crippen LogP contribution >= 0.6 is 0 Å². The Kier molecular flexibility index (Phi) is 1.98. The molecule has 4 nitrogen and oxygen atoms in total. The number of nitrogens with zero attached hydrogens (tertiary/aromatic N) is 3. The first-order valence-corrected chi connectivity index (χ1v) is 4.26. The molecule has 0 aliphatic heterocycles. The Morgan fingerprint density at radius 3 is 3.08 bits per heavy atom. The minimum absolute atomic E-state index is 0.780. The van der Waals surface area contributed by atoms with Crippen molar-refractivity contribution in [3.63, 3.8) is 0 Å². The minimum atomic E-state index is 0.780. The van der Waals surface area contributed by atoms with Gasteiger partial charge in [-0.1, -0.05) is 0 Å². The first kappa shape index (κ1) is 8.19. The van der Waals surface area contributed by atoms with Gasteiger partial charge in [-0.15, -0.1) is 0 Å². The molecular formula is C9H12N4. The molecule has 0 amide bonds. The highest BCUT2D eigenvalue weighted by Crippen LogP contribution is 2.03. The van der Waals surface area contributed by atoms with E-state index in [1.807, 2.05) is 36.8 Å². The number of hydrogen-bond donors (Lipinski definition) is 1. The van der Waals surface area contributed by atoms with Crippen molar-refractivity contribution in [1.29, 1.82) is 0 Å². The molecule has 2 rings (SSSR count). The summed E-state index contributed by atoms with van der Waals surface area (Å²) >= 11 is 0. The maximum Gasteiger partial charge on any atom is 0.153 e. The third kappa shape index (κ3) is 1.53. The molecule has 2 aromatic heterocycles. The average Bonchev–Trinajstić information content (AvgIpc) is 2.46. The van der Waals surface area contributed by atoms with Crippen molar-refractivity contribution in [1.82, 2.24) is 19.9 Å². The van der Waals surface area contributed by atoms with Gasteiger partial charge in [-0.25, -0.2) is 9.50 Å². The van der Waals surface area contributed by atoms with Crippen molar-refractivity contribution in [2.24, 2.45) is 0 Å². The van der Waals surface area contributed by atoms with Crippen molar-refractivity contribution in [3.8, 4) is 0 Å². The molecule has 0 spiro atoms. The summed E-state index contributed by atoms with van der Waals surface area (Å²) in [6, 6.07) is 3.94. The molecule has 0 bridgehead atoms. The Balaban J connectivity index is 2.49. The van der Waals surface area contributed by atoms with Gasteiger partial charge in [0, 0.05) is 6.54 Å². The van der Waals surface area contributed by atoms with E-state index in [1.165, 1.54) is 0 Å². The van der Waals surface area contributed by atoms with Crippen molar-refractivity contribution in [2.75, 3.05) is 7.05 Å². The molecule has 0 radical (unpaired) electrons. The zero-order chi connectivity index (χ0) is 9.26. The van der Waals surface area contributed by atoms with Crippen LogP contribution in [0.3, 0.4) is 0 Å². The molecule has 0 atom stereocenters. The smallest absolute Gasteiger partial charge is 0.153 e. The third-order valence-electron chi connectivity index (χ3n) is 1.86. The van der Waals surface area contributed by atoms with Crippen LogP contribution in [0, 0.1) is 6.92 Å². The van der Waals surface area contributed by atoms with Crippen LogP contribution in [0.25, 0.3) is 5.65 Å². The molecule has 0 saturated carbocycles. The summed E-state index contributed by atoms with van der Waals surface area (Å²) in [5.74, 6) is 0. The van der Waals surface area contributed by atoms with Crippen LogP contribution in [-0.2, 0) is 6.54 Å². The normalized spacial score (nSPS) is 10.9. The largest absolute Gasteiger partial charge is 0.314 e. The summed E-state index contributed by atoms with van der Waals surface area (Å²) in [6.45, 7) is 2.75. The molecule has 0 aliphatic carbocycles. The number of imidazole rings is 1. The van der Waals surface area contributed by atoms with Crippen LogP contribution in [0.1, 0.15) is 11.4 Å². The number of fused-ring (bicyclic) bond motifs is 1. The van der Waals surface area contributed by atoms with Gasteiger partial charge in [-0.05, 0) is 26.1 Å². The van der Waals surface area contributed by atoms with E-state index >= 15 is 0 Å². The van der Waals surface area contributed by atoms with E-state index in [0.717, 1.165) is 23.6 Å². The second-order valence-corrected chi connectivity index (χ2v) is 3.04. The van der Waals surface area contributed by atoms with Gasteiger partial charge >= 0.3 is 0 Å². The van der Waals surface area contributed by atoms with Crippen molar-refractivity contribution in [2.45, 2.75) is 13.5 Å². The fourth-order valence-corrected chi connectivity index (χ4v) is 1.29. The highest BCUT2D eigenvalue weighted by Gasteiger charge is 2.00. The van der Waals surface area contributed by atoms with E-state index in [0.29, 0.717) is 0 Å². The van der Waals surface area contributed by atoms with Gasteiger partial charge in [0.25, 0.3) is 0 Å². The zero-order valence-electron chi connectivity index (χ0n) is 7.78. The molecule has 0 aromatic carbocycles. The first-order valence-electron chi connectivity index (χ1n) is 4.26. The monoisotopic (exact) mass is 176 g/mol. The van der Waals surface area contributed by atoms with Gasteiger partial charge in [0.2, 0.25) is 0 Å². The maximum absolute atomic E-state index is 4.38. The number of rotatable bonds is 2. The molecule has 0 unspecified atom stereocenters. The fraction of sp³-hybridized carbons (Fsp3) is 0.333. The Hall–Kier alpha value is -1.42. The van der Waals surface area contributed by atoms with Gasteiger partial charge in [-0.3, -0.25) is 0 Å². The number of aryl methyl sites for hydroxylation is 1. The Bertz CT molecular complexity index is 418. The summed E-state index contributed by atoms with van der Waals surface area (Å²) in [5.41, 5.74) is 2.91. The molecule has 13 heavy (non-hydrogen) atoms. The van der Waals surface area contributed by atoms with Crippen molar-refractivity contribution in [3.05, 3.63) is 29.7 Å². The van der Waals surface area contributed by atoms with Crippen LogP contribution in [0.15, 0.2) is 18.3 Å². The van der Waals surface area contributed by atoms with Crippen molar-refractivity contribution < 1.29 is 0 Å². The summed E-state index contributed by atoms with van der Waals surface area (Å²) in [4.78, 5) is 4.38. The lowest BCUT2D eigenvalue weighted by Gasteiger charge is -1.91. The highest BCUT2D eigenvalue weighted by atomic mass is 15.2. The van der Waals surface area contributed by atoms with E-state index in [4.69, 9.17) is 0 Å². The summed E-state index contributed by atoms with van der Waals surface area (Å²) in [5, 5.41) is 7.36. The lowest BCUT2D eigenvalue weighted by atomic mass is 10.4. The molecule has 0 fully saturated rings. The van der Waals surface area contributed by atoms with E-state index in [2.05, 4.69) is 15.4 Å². The molecule has 0 saturated heterocycles. The molecule has 68 valence electrons. The van der Waals surface area contributed by atoms with Gasteiger partial charge in [-0.2, -0.15) is 5.10 Å². The standard InChI is InChI=1S/C9H12N4/c1-7-3-4-9-11-8(5-10-2)6-13(9)12-7/h3-4,6,10H,5H2,1-2H3. The van der Waals surface area contributed by atoms with E-state index < -0.39 is 0 Å². The van der Waals surface area contributed by atoms with Crippen LogP contribution < -0.4 is 5.32 Å². The predicted molar refractivity (Wildman–Crippen MR) is 50.5 cm³/mol. The fourth-order valence-electron chi connectivity index (χ4n) is 1.29. The zero-order valence-corrected chi connectivity index (χ0v) is 7.78. The predicted octanol–water partition coefficient (Wildman–Crippen LogP) is 0.757. The number of aromatic nitrogens is 3. The maximum atomic E-state index is 4.38. The third-order valence-corrected chi connectivity index (χ3v) is 1.86. The van der Waals surface area contributed by atoms with Crippen molar-refractivity contribution >= 4 is 5.65 Å². The van der Waals surface area contributed by atoms with Gasteiger partial charge in [0.1, 0.15) is 0 Å². The number of nitrogens with one attached hydrogen (secondary N) is 1. The summed E-state index contributed by atoms with van der Waals surface area (Å²) in [7, 11) is 1.91. The molecule has 0 aliphatic rings.